The van der Waals surface area contributed by atoms with Crippen molar-refractivity contribution in [2.24, 2.45) is 0 Å². The Morgan fingerprint density at radius 1 is 1.00 bits per heavy atom. The van der Waals surface area contributed by atoms with Crippen LogP contribution < -0.4 is 10.6 Å². The molecule has 180 valence electrons. The molecule has 0 saturated carbocycles. The summed E-state index contributed by atoms with van der Waals surface area (Å²) in [5.41, 5.74) is 4.71. The Balaban J connectivity index is 1.35. The lowest BCUT2D eigenvalue weighted by atomic mass is 9.98. The fourth-order valence-corrected chi connectivity index (χ4v) is 4.69. The fourth-order valence-electron chi connectivity index (χ4n) is 4.33. The van der Waals surface area contributed by atoms with Gasteiger partial charge in [-0.2, -0.15) is 0 Å². The van der Waals surface area contributed by atoms with E-state index in [0.717, 1.165) is 22.3 Å². The molecule has 0 heterocycles. The number of anilines is 1. The van der Waals surface area contributed by atoms with Gasteiger partial charge in [0.25, 0.3) is 0 Å². The summed E-state index contributed by atoms with van der Waals surface area (Å²) >= 11 is 3.23. The molecule has 1 aliphatic rings. The first-order chi connectivity index (χ1) is 16.9. The third kappa shape index (κ3) is 5.54. The number of nitrogens with one attached hydrogen (secondary N) is 2. The molecule has 1 aliphatic carbocycles. The second kappa shape index (κ2) is 10.7. The second-order valence-corrected chi connectivity index (χ2v) is 9.24. The molecule has 0 saturated heterocycles. The number of rotatable bonds is 8. The molecule has 0 aromatic heterocycles. The van der Waals surface area contributed by atoms with Crippen LogP contribution >= 0.6 is 15.9 Å². The molecule has 2 amide bonds. The number of halogens is 1. The first kappa shape index (κ1) is 24.5. The number of fused-ring (bicyclic) bond motifs is 3. The highest BCUT2D eigenvalue weighted by molar-refractivity contribution is 9.10. The van der Waals surface area contributed by atoms with Crippen molar-refractivity contribution in [3.05, 3.63) is 87.9 Å². The third-order valence-electron chi connectivity index (χ3n) is 6.08. The van der Waals surface area contributed by atoms with Crippen molar-refractivity contribution < 1.29 is 24.2 Å². The van der Waals surface area contributed by atoms with Gasteiger partial charge in [0.15, 0.2) is 0 Å². The molecule has 0 aliphatic heterocycles. The van der Waals surface area contributed by atoms with E-state index in [1.165, 1.54) is 12.1 Å². The minimum Gasteiger partial charge on any atom is -0.478 e. The molecule has 0 unspecified atom stereocenters. The maximum absolute atomic E-state index is 12.6. The third-order valence-corrected chi connectivity index (χ3v) is 6.57. The van der Waals surface area contributed by atoms with Gasteiger partial charge in [0.2, 0.25) is 5.91 Å². The van der Waals surface area contributed by atoms with Gasteiger partial charge in [-0.25, -0.2) is 9.59 Å². The molecule has 0 spiro atoms. The monoisotopic (exact) mass is 536 g/mol. The summed E-state index contributed by atoms with van der Waals surface area (Å²) in [6.45, 7) is 2.04. The van der Waals surface area contributed by atoms with Crippen LogP contribution in [0.25, 0.3) is 11.1 Å². The minimum absolute atomic E-state index is 0.0180. The van der Waals surface area contributed by atoms with E-state index in [4.69, 9.17) is 4.74 Å². The van der Waals surface area contributed by atoms with Gasteiger partial charge in [-0.05, 0) is 46.9 Å². The highest BCUT2D eigenvalue weighted by Crippen LogP contribution is 2.44. The van der Waals surface area contributed by atoms with Crippen molar-refractivity contribution in [1.82, 2.24) is 5.32 Å². The predicted octanol–water partition coefficient (Wildman–Crippen LogP) is 5.79. The Morgan fingerprint density at radius 2 is 1.63 bits per heavy atom. The quantitative estimate of drug-likeness (QED) is 0.337. The lowest BCUT2D eigenvalue weighted by Crippen LogP contribution is -2.38. The van der Waals surface area contributed by atoms with Gasteiger partial charge in [-0.1, -0.05) is 71.4 Å². The summed E-state index contributed by atoms with van der Waals surface area (Å²) in [6.07, 6.45) is -0.110. The van der Waals surface area contributed by atoms with Crippen molar-refractivity contribution in [2.75, 3.05) is 11.9 Å². The summed E-state index contributed by atoms with van der Waals surface area (Å²) in [4.78, 5) is 36.6. The van der Waals surface area contributed by atoms with Crippen LogP contribution in [0.2, 0.25) is 0 Å². The molecule has 3 N–H and O–H groups in total. The molecule has 3 aromatic rings. The molecule has 7 nitrogen and oxygen atoms in total. The summed E-state index contributed by atoms with van der Waals surface area (Å²) < 4.78 is 6.16. The first-order valence-electron chi connectivity index (χ1n) is 11.3. The number of benzene rings is 3. The van der Waals surface area contributed by atoms with Gasteiger partial charge in [0, 0.05) is 22.9 Å². The smallest absolute Gasteiger partial charge is 0.407 e. The minimum atomic E-state index is -1.15. The zero-order valence-electron chi connectivity index (χ0n) is 19.1. The lowest BCUT2D eigenvalue weighted by molar-refractivity contribution is -0.116. The van der Waals surface area contributed by atoms with Crippen LogP contribution in [-0.2, 0) is 9.53 Å². The van der Waals surface area contributed by atoms with Gasteiger partial charge in [0.05, 0.1) is 11.3 Å². The molecule has 3 aromatic carbocycles. The summed E-state index contributed by atoms with van der Waals surface area (Å²) in [7, 11) is 0. The van der Waals surface area contributed by atoms with Crippen LogP contribution in [0.4, 0.5) is 10.5 Å². The van der Waals surface area contributed by atoms with Gasteiger partial charge in [-0.15, -0.1) is 0 Å². The maximum Gasteiger partial charge on any atom is 0.407 e. The van der Waals surface area contributed by atoms with E-state index in [2.05, 4.69) is 38.7 Å². The first-order valence-corrected chi connectivity index (χ1v) is 12.1. The summed E-state index contributed by atoms with van der Waals surface area (Å²) in [6, 6.07) is 20.3. The van der Waals surface area contributed by atoms with Crippen molar-refractivity contribution in [1.29, 1.82) is 0 Å². The van der Waals surface area contributed by atoms with Crippen molar-refractivity contribution in [3.8, 4) is 11.1 Å². The number of alkyl carbamates (subject to hydrolysis) is 1. The number of carbonyl (C=O) groups excluding carboxylic acids is 2. The Labute approximate surface area is 211 Å². The number of amides is 2. The molecular formula is C27H25BrN2O5. The van der Waals surface area contributed by atoms with Gasteiger partial charge in [0.1, 0.15) is 6.61 Å². The van der Waals surface area contributed by atoms with Crippen LogP contribution in [0.1, 0.15) is 47.2 Å². The highest BCUT2D eigenvalue weighted by atomic mass is 79.9. The van der Waals surface area contributed by atoms with Gasteiger partial charge >= 0.3 is 12.1 Å². The SMILES string of the molecule is CC[C@H](CC(=O)Nc1ccc(Br)cc1C(=O)O)NC(=O)OCC1c2ccccc2-c2ccccc21. The van der Waals surface area contributed by atoms with Crippen LogP contribution in [0.3, 0.4) is 0 Å². The molecule has 0 fully saturated rings. The Morgan fingerprint density at radius 3 is 2.23 bits per heavy atom. The van der Waals surface area contributed by atoms with E-state index < -0.39 is 24.0 Å². The Kier molecular flexibility index (Phi) is 7.51. The number of ether oxygens (including phenoxy) is 1. The van der Waals surface area contributed by atoms with Crippen LogP contribution in [0, 0.1) is 0 Å². The summed E-state index contributed by atoms with van der Waals surface area (Å²) in [5.74, 6) is -1.60. The molecule has 0 radical (unpaired) electrons. The van der Waals surface area contributed by atoms with Crippen LogP contribution in [0.15, 0.2) is 71.2 Å². The van der Waals surface area contributed by atoms with E-state index in [9.17, 15) is 19.5 Å². The van der Waals surface area contributed by atoms with Crippen LogP contribution in [-0.4, -0.2) is 35.7 Å². The Bertz CT molecular complexity index is 1230. The fraction of sp³-hybridized carbons (Fsp3) is 0.222. The second-order valence-electron chi connectivity index (χ2n) is 8.32. The van der Waals surface area contributed by atoms with E-state index in [1.54, 1.807) is 6.07 Å². The number of carboxylic acid groups (broad SMARTS) is 1. The molecule has 4 rings (SSSR count). The van der Waals surface area contributed by atoms with Gasteiger partial charge in [-0.3, -0.25) is 4.79 Å². The number of hydrogen-bond donors (Lipinski definition) is 3. The number of hydrogen-bond acceptors (Lipinski definition) is 4. The molecular weight excluding hydrogens is 512 g/mol. The standard InChI is InChI=1S/C27H25BrN2O5/c1-2-17(14-25(31)30-24-12-11-16(28)13-22(24)26(32)33)29-27(34)35-15-23-20-9-5-3-7-18(20)19-8-4-6-10-21(19)23/h3-13,17,23H,2,14-15H2,1H3,(H,29,34)(H,30,31)(H,32,33)/t17-/m1/s1. The maximum atomic E-state index is 12.6. The van der Waals surface area contributed by atoms with E-state index in [-0.39, 0.29) is 30.2 Å². The largest absolute Gasteiger partial charge is 0.478 e. The average Bonchev–Trinajstić information content (AvgIpc) is 3.17. The topological polar surface area (TPSA) is 105 Å². The molecule has 35 heavy (non-hydrogen) atoms. The Hall–Kier alpha value is -3.65. The van der Waals surface area contributed by atoms with Gasteiger partial charge < -0.3 is 20.5 Å². The number of aromatic carboxylic acids is 1. The van der Waals surface area contributed by atoms with E-state index >= 15 is 0 Å². The molecule has 8 heteroatoms. The van der Waals surface area contributed by atoms with Crippen LogP contribution in [0.5, 0.6) is 0 Å². The number of carboxylic acids is 1. The van der Waals surface area contributed by atoms with E-state index in [1.807, 2.05) is 43.3 Å². The predicted molar refractivity (Wildman–Crippen MR) is 137 cm³/mol. The highest BCUT2D eigenvalue weighted by Gasteiger charge is 2.29. The van der Waals surface area contributed by atoms with Crippen molar-refractivity contribution in [3.63, 3.8) is 0 Å². The van der Waals surface area contributed by atoms with Crippen molar-refractivity contribution in [2.45, 2.75) is 31.7 Å². The molecule has 0 bridgehead atoms. The lowest BCUT2D eigenvalue weighted by Gasteiger charge is -2.19. The summed E-state index contributed by atoms with van der Waals surface area (Å²) in [5, 5.41) is 14.8. The zero-order chi connectivity index (χ0) is 24.9. The normalized spacial score (nSPS) is 12.9. The zero-order valence-corrected chi connectivity index (χ0v) is 20.7. The number of carbonyl (C=O) groups is 3. The van der Waals surface area contributed by atoms with Crippen molar-refractivity contribution >= 4 is 39.6 Å². The average molecular weight is 537 g/mol. The van der Waals surface area contributed by atoms with E-state index in [0.29, 0.717) is 10.9 Å². The molecule has 1 atom stereocenters.